The molecule has 0 fully saturated rings. The second-order valence-electron chi connectivity index (χ2n) is 6.41. The Labute approximate surface area is 151 Å². The van der Waals surface area contributed by atoms with Crippen LogP contribution in [0.3, 0.4) is 0 Å². The first-order valence-electron chi connectivity index (χ1n) is 8.53. The smallest absolute Gasteiger partial charge is 0.248 e. The zero-order valence-electron chi connectivity index (χ0n) is 14.7. The number of carbonyl (C=O) groups is 1. The van der Waals surface area contributed by atoms with Crippen LogP contribution in [0.15, 0.2) is 60.8 Å². The van der Waals surface area contributed by atoms with Crippen molar-refractivity contribution in [3.8, 4) is 0 Å². The Hall–Kier alpha value is -3.40. The third-order valence-corrected chi connectivity index (χ3v) is 4.55. The van der Waals surface area contributed by atoms with Crippen molar-refractivity contribution in [2.45, 2.75) is 13.8 Å². The molecular formula is C22H19N3O. The molecule has 4 aromatic rings. The van der Waals surface area contributed by atoms with Crippen LogP contribution in [-0.2, 0) is 4.79 Å². The average molecular weight is 341 g/mol. The second kappa shape index (κ2) is 6.48. The summed E-state index contributed by atoms with van der Waals surface area (Å²) >= 11 is 0. The summed E-state index contributed by atoms with van der Waals surface area (Å²) in [4.78, 5) is 20.1. The lowest BCUT2D eigenvalue weighted by atomic mass is 10.1. The highest BCUT2D eigenvalue weighted by Gasteiger charge is 2.06. The Morgan fingerprint density at radius 3 is 2.58 bits per heavy atom. The third-order valence-electron chi connectivity index (χ3n) is 4.55. The number of carbonyl (C=O) groups excluding carboxylic acids is 1. The van der Waals surface area contributed by atoms with E-state index < -0.39 is 0 Å². The number of hydrogen-bond donors (Lipinski definition) is 2. The maximum absolute atomic E-state index is 12.3. The van der Waals surface area contributed by atoms with Gasteiger partial charge in [0.2, 0.25) is 5.91 Å². The van der Waals surface area contributed by atoms with Crippen LogP contribution in [0.4, 0.5) is 5.69 Å². The SMILES string of the molecule is Cc1cccc(C)c1NC(=O)/C=C/c1cc2c(cn1)[nH]c1ccccc12. The highest BCUT2D eigenvalue weighted by atomic mass is 16.1. The van der Waals surface area contributed by atoms with Crippen LogP contribution in [0.1, 0.15) is 16.8 Å². The molecule has 0 bridgehead atoms. The summed E-state index contributed by atoms with van der Waals surface area (Å²) in [6.07, 6.45) is 5.07. The minimum Gasteiger partial charge on any atom is -0.353 e. The maximum atomic E-state index is 12.3. The molecule has 1 amide bonds. The molecule has 0 atom stereocenters. The number of aryl methyl sites for hydroxylation is 2. The molecule has 128 valence electrons. The van der Waals surface area contributed by atoms with Gasteiger partial charge in [-0.05, 0) is 43.2 Å². The lowest BCUT2D eigenvalue weighted by Gasteiger charge is -2.09. The topological polar surface area (TPSA) is 57.8 Å². The van der Waals surface area contributed by atoms with Gasteiger partial charge >= 0.3 is 0 Å². The molecule has 4 rings (SSSR count). The van der Waals surface area contributed by atoms with E-state index in [1.165, 1.54) is 6.08 Å². The number of aromatic nitrogens is 2. The summed E-state index contributed by atoms with van der Waals surface area (Å²) in [5.41, 5.74) is 5.78. The number of fused-ring (bicyclic) bond motifs is 3. The summed E-state index contributed by atoms with van der Waals surface area (Å²) in [6, 6.07) is 16.1. The monoisotopic (exact) mass is 341 g/mol. The van der Waals surface area contributed by atoms with E-state index in [0.717, 1.165) is 44.3 Å². The summed E-state index contributed by atoms with van der Waals surface area (Å²) in [5, 5.41) is 5.21. The molecule has 0 saturated carbocycles. The van der Waals surface area contributed by atoms with Crippen molar-refractivity contribution in [3.63, 3.8) is 0 Å². The van der Waals surface area contributed by atoms with Crippen molar-refractivity contribution < 1.29 is 4.79 Å². The number of para-hydroxylation sites is 2. The predicted molar refractivity (Wildman–Crippen MR) is 107 cm³/mol. The quantitative estimate of drug-likeness (QED) is 0.516. The van der Waals surface area contributed by atoms with Crippen LogP contribution in [0.25, 0.3) is 27.9 Å². The zero-order chi connectivity index (χ0) is 18.1. The Balaban J connectivity index is 1.60. The highest BCUT2D eigenvalue weighted by Crippen LogP contribution is 2.25. The van der Waals surface area contributed by atoms with Crippen LogP contribution in [-0.4, -0.2) is 15.9 Å². The van der Waals surface area contributed by atoms with Crippen molar-refractivity contribution in [1.82, 2.24) is 9.97 Å². The van der Waals surface area contributed by atoms with Gasteiger partial charge in [0.05, 0.1) is 17.4 Å². The fourth-order valence-corrected chi connectivity index (χ4v) is 3.19. The van der Waals surface area contributed by atoms with Crippen LogP contribution in [0.5, 0.6) is 0 Å². The highest BCUT2D eigenvalue weighted by molar-refractivity contribution is 6.08. The zero-order valence-corrected chi connectivity index (χ0v) is 14.7. The number of nitrogens with one attached hydrogen (secondary N) is 2. The molecular weight excluding hydrogens is 322 g/mol. The molecule has 4 nitrogen and oxygen atoms in total. The number of pyridine rings is 1. The molecule has 0 aliphatic rings. The Morgan fingerprint density at radius 1 is 1.00 bits per heavy atom. The predicted octanol–water partition coefficient (Wildman–Crippen LogP) is 4.98. The lowest BCUT2D eigenvalue weighted by molar-refractivity contribution is -0.111. The largest absolute Gasteiger partial charge is 0.353 e. The standard InChI is InChI=1S/C22H19N3O/c1-14-6-5-7-15(2)22(14)25-21(26)11-10-16-12-18-17-8-3-4-9-19(17)24-20(18)13-23-16/h3-13,24H,1-2H3,(H,25,26)/b11-10+. The number of anilines is 1. The molecule has 2 heterocycles. The van der Waals surface area contributed by atoms with Crippen molar-refractivity contribution in [3.05, 3.63) is 77.6 Å². The molecule has 26 heavy (non-hydrogen) atoms. The van der Waals surface area contributed by atoms with E-state index in [2.05, 4.69) is 21.4 Å². The van der Waals surface area contributed by atoms with Gasteiger partial charge in [0.1, 0.15) is 0 Å². The van der Waals surface area contributed by atoms with Gasteiger partial charge in [0.15, 0.2) is 0 Å². The fraction of sp³-hybridized carbons (Fsp3) is 0.0909. The normalized spacial score (nSPS) is 11.5. The van der Waals surface area contributed by atoms with Gasteiger partial charge in [0, 0.05) is 28.1 Å². The maximum Gasteiger partial charge on any atom is 0.248 e. The lowest BCUT2D eigenvalue weighted by Crippen LogP contribution is -2.10. The number of benzene rings is 2. The van der Waals surface area contributed by atoms with Gasteiger partial charge in [-0.25, -0.2) is 0 Å². The van der Waals surface area contributed by atoms with Gasteiger partial charge in [-0.15, -0.1) is 0 Å². The van der Waals surface area contributed by atoms with Gasteiger partial charge in [-0.2, -0.15) is 0 Å². The van der Waals surface area contributed by atoms with E-state index in [1.54, 1.807) is 12.3 Å². The summed E-state index contributed by atoms with van der Waals surface area (Å²) in [6.45, 7) is 3.97. The summed E-state index contributed by atoms with van der Waals surface area (Å²) in [7, 11) is 0. The van der Waals surface area contributed by atoms with Crippen LogP contribution >= 0.6 is 0 Å². The van der Waals surface area contributed by atoms with E-state index >= 15 is 0 Å². The van der Waals surface area contributed by atoms with E-state index in [0.29, 0.717) is 0 Å². The molecule has 4 heteroatoms. The van der Waals surface area contributed by atoms with Gasteiger partial charge in [0.25, 0.3) is 0 Å². The molecule has 0 aliphatic carbocycles. The van der Waals surface area contributed by atoms with Gasteiger partial charge < -0.3 is 10.3 Å². The van der Waals surface area contributed by atoms with E-state index in [9.17, 15) is 4.79 Å². The molecule has 0 unspecified atom stereocenters. The average Bonchev–Trinajstić information content (AvgIpc) is 3.01. The minimum atomic E-state index is -0.164. The van der Waals surface area contributed by atoms with E-state index in [1.807, 2.05) is 56.3 Å². The van der Waals surface area contributed by atoms with Gasteiger partial charge in [-0.1, -0.05) is 36.4 Å². The molecule has 0 saturated heterocycles. The van der Waals surface area contributed by atoms with Crippen molar-refractivity contribution in [2.75, 3.05) is 5.32 Å². The van der Waals surface area contributed by atoms with Crippen molar-refractivity contribution in [2.24, 2.45) is 0 Å². The fourth-order valence-electron chi connectivity index (χ4n) is 3.19. The van der Waals surface area contributed by atoms with E-state index in [4.69, 9.17) is 0 Å². The molecule has 2 N–H and O–H groups in total. The first kappa shape index (κ1) is 16.1. The number of H-pyrrole nitrogens is 1. The number of nitrogens with zero attached hydrogens (tertiary/aromatic N) is 1. The molecule has 2 aromatic heterocycles. The third kappa shape index (κ3) is 2.97. The van der Waals surface area contributed by atoms with Gasteiger partial charge in [-0.3, -0.25) is 9.78 Å². The molecule has 0 aliphatic heterocycles. The Kier molecular flexibility index (Phi) is 4.01. The number of aromatic amines is 1. The second-order valence-corrected chi connectivity index (χ2v) is 6.41. The van der Waals surface area contributed by atoms with Crippen molar-refractivity contribution in [1.29, 1.82) is 0 Å². The molecule has 2 aromatic carbocycles. The minimum absolute atomic E-state index is 0.164. The first-order valence-corrected chi connectivity index (χ1v) is 8.53. The van der Waals surface area contributed by atoms with E-state index in [-0.39, 0.29) is 5.91 Å². The summed E-state index contributed by atoms with van der Waals surface area (Å²) in [5.74, 6) is -0.164. The van der Waals surface area contributed by atoms with Crippen LogP contribution in [0, 0.1) is 13.8 Å². The Bertz CT molecular complexity index is 1130. The number of rotatable bonds is 3. The number of amides is 1. The number of hydrogen-bond acceptors (Lipinski definition) is 2. The van der Waals surface area contributed by atoms with Crippen LogP contribution in [0.2, 0.25) is 0 Å². The Morgan fingerprint density at radius 2 is 1.77 bits per heavy atom. The van der Waals surface area contributed by atoms with Crippen LogP contribution < -0.4 is 5.32 Å². The first-order chi connectivity index (χ1) is 12.6. The summed E-state index contributed by atoms with van der Waals surface area (Å²) < 4.78 is 0. The molecule has 0 radical (unpaired) electrons. The van der Waals surface area contributed by atoms with Crippen molar-refractivity contribution >= 4 is 39.5 Å². The molecule has 0 spiro atoms.